The van der Waals surface area contributed by atoms with Gasteiger partial charge in [0.2, 0.25) is 5.96 Å². The number of thiophene rings is 1. The smallest absolute Gasteiger partial charge is 0.491 e. The summed E-state index contributed by atoms with van der Waals surface area (Å²) in [7, 11) is -4.38. The number of nitrogens with two attached hydrogens (primary N) is 2. The highest BCUT2D eigenvalue weighted by molar-refractivity contribution is 9.13. The molecule has 0 aliphatic rings. The van der Waals surface area contributed by atoms with Gasteiger partial charge >= 0.3 is 18.1 Å². The van der Waals surface area contributed by atoms with Gasteiger partial charge < -0.3 is 25.8 Å². The minimum atomic E-state index is -5.45. The van der Waals surface area contributed by atoms with Crippen LogP contribution < -0.4 is 20.9 Å². The van der Waals surface area contributed by atoms with Crippen molar-refractivity contribution in [2.24, 2.45) is 16.6 Å². The van der Waals surface area contributed by atoms with Gasteiger partial charge in [0.05, 0.1) is 10.4 Å². The molecule has 204 valence electrons. The Morgan fingerprint density at radius 1 is 1.14 bits per heavy atom. The zero-order chi connectivity index (χ0) is 27.8. The summed E-state index contributed by atoms with van der Waals surface area (Å²) in [5.74, 6) is -4.30. The third kappa shape index (κ3) is 10.1. The highest BCUT2D eigenvalue weighted by Gasteiger charge is 2.44. The molecular weight excluding hydrogens is 677 g/mol. The van der Waals surface area contributed by atoms with E-state index in [1.54, 1.807) is 0 Å². The number of ether oxygens (including phenoxy) is 2. The van der Waals surface area contributed by atoms with Crippen molar-refractivity contribution in [1.29, 1.82) is 0 Å². The molecular formula is C19H19Br2F3N4O7S2. The predicted octanol–water partition coefficient (Wildman–Crippen LogP) is 2.77. The van der Waals surface area contributed by atoms with Gasteiger partial charge in [0.1, 0.15) is 22.6 Å². The summed E-state index contributed by atoms with van der Waals surface area (Å²) >= 11 is 7.06. The zero-order valence-corrected chi connectivity index (χ0v) is 23.3. The normalized spacial score (nSPS) is 12.5. The van der Waals surface area contributed by atoms with Crippen LogP contribution in [-0.4, -0.2) is 51.7 Å². The number of guanidine groups is 1. The molecule has 18 heteroatoms. The molecule has 1 aromatic heterocycles. The van der Waals surface area contributed by atoms with E-state index in [0.29, 0.717) is 26.0 Å². The summed E-state index contributed by atoms with van der Waals surface area (Å²) < 4.78 is 75.3. The summed E-state index contributed by atoms with van der Waals surface area (Å²) in [5.41, 5.74) is 10.6. The quantitative estimate of drug-likeness (QED) is 0.0754. The molecule has 0 radical (unpaired) electrons. The number of halogens is 5. The lowest BCUT2D eigenvalue weighted by Gasteiger charge is -2.17. The first-order valence-corrected chi connectivity index (χ1v) is 13.8. The number of nitrogens with one attached hydrogen (secondary N) is 1. The average Bonchev–Trinajstić information content (AvgIpc) is 3.15. The number of benzene rings is 1. The zero-order valence-electron chi connectivity index (χ0n) is 18.5. The van der Waals surface area contributed by atoms with Crippen LogP contribution in [0.2, 0.25) is 0 Å². The topological polar surface area (TPSA) is 172 Å². The second-order valence-electron chi connectivity index (χ2n) is 6.97. The van der Waals surface area contributed by atoms with Gasteiger partial charge in [-0.15, -0.1) is 11.3 Å². The van der Waals surface area contributed by atoms with Crippen molar-refractivity contribution >= 4 is 71.1 Å². The first-order valence-electron chi connectivity index (χ1n) is 9.91. The minimum Gasteiger partial charge on any atom is -0.493 e. The van der Waals surface area contributed by atoms with Gasteiger partial charge in [-0.3, -0.25) is 0 Å². The van der Waals surface area contributed by atoms with Crippen LogP contribution in [0.15, 0.2) is 48.0 Å². The second kappa shape index (κ2) is 13.4. The van der Waals surface area contributed by atoms with Crippen molar-refractivity contribution in [2.75, 3.05) is 13.2 Å². The number of carbonyl (C=O) groups is 2. The lowest BCUT2D eigenvalue weighted by molar-refractivity contribution is -0.202. The molecule has 0 aliphatic carbocycles. The maximum atomic E-state index is 12.8. The van der Waals surface area contributed by atoms with Crippen molar-refractivity contribution in [3.63, 3.8) is 0 Å². The number of esters is 2. The summed E-state index contributed by atoms with van der Waals surface area (Å²) in [5, 5.41) is 3.35. The summed E-state index contributed by atoms with van der Waals surface area (Å²) in [4.78, 5) is 28.3. The van der Waals surface area contributed by atoms with E-state index in [1.807, 2.05) is 4.72 Å². The fraction of sp³-hybridized carbons (Fsp3) is 0.316. The van der Waals surface area contributed by atoms with Crippen LogP contribution >= 0.6 is 43.2 Å². The Labute approximate surface area is 229 Å². The fourth-order valence-corrected chi connectivity index (χ4v) is 6.51. The van der Waals surface area contributed by atoms with Gasteiger partial charge in [-0.25, -0.2) is 18.0 Å². The summed E-state index contributed by atoms with van der Waals surface area (Å²) in [6.07, 6.45) is -5.43. The van der Waals surface area contributed by atoms with E-state index in [4.69, 9.17) is 21.0 Å². The molecule has 0 bridgehead atoms. The van der Waals surface area contributed by atoms with Crippen molar-refractivity contribution in [1.82, 2.24) is 4.72 Å². The first-order chi connectivity index (χ1) is 17.2. The van der Waals surface area contributed by atoms with Gasteiger partial charge in [-0.2, -0.15) is 17.9 Å². The Kier molecular flexibility index (Phi) is 11.2. The minimum absolute atomic E-state index is 0.188. The van der Waals surface area contributed by atoms with E-state index in [0.717, 1.165) is 11.3 Å². The van der Waals surface area contributed by atoms with Gasteiger partial charge in [0.25, 0.3) is 10.0 Å². The number of carbonyl (C=O) groups excluding carboxylic acids is 2. The van der Waals surface area contributed by atoms with E-state index in [9.17, 15) is 31.2 Å². The standard InChI is InChI=1S/C19H19Br2F3N4O7S2/c20-12-9-14(36-15(12)21)37(31,32)28-13(16(29)35-17(30)19(22,23)24)8-10-2-4-11(5-3-10)33-6-1-7-34-27-18(25)26/h2-5,9,13,28H,1,6-8H2,(H4,25,26,27)/t13-/m0/s1. The maximum absolute atomic E-state index is 12.8. The van der Waals surface area contributed by atoms with Gasteiger partial charge in [0, 0.05) is 10.9 Å². The molecule has 37 heavy (non-hydrogen) atoms. The molecule has 2 aromatic rings. The average molecular weight is 696 g/mol. The number of hydrogen-bond acceptors (Lipinski definition) is 9. The number of alkyl halides is 3. The van der Waals surface area contributed by atoms with Crippen molar-refractivity contribution < 1.29 is 45.5 Å². The Hall–Kier alpha value is -2.41. The highest BCUT2D eigenvalue weighted by atomic mass is 79.9. The molecule has 0 amide bonds. The van der Waals surface area contributed by atoms with Gasteiger partial charge in [-0.05, 0) is 67.2 Å². The van der Waals surface area contributed by atoms with Crippen LogP contribution in [0.4, 0.5) is 13.2 Å². The van der Waals surface area contributed by atoms with Crippen molar-refractivity contribution in [2.45, 2.75) is 29.3 Å². The fourth-order valence-electron chi connectivity index (χ4n) is 2.49. The lowest BCUT2D eigenvalue weighted by atomic mass is 10.1. The van der Waals surface area contributed by atoms with Crippen LogP contribution in [0.5, 0.6) is 5.75 Å². The molecule has 0 aliphatic heterocycles. The maximum Gasteiger partial charge on any atom is 0.491 e. The molecule has 1 heterocycles. The van der Waals surface area contributed by atoms with Crippen LogP contribution in [0.3, 0.4) is 0 Å². The summed E-state index contributed by atoms with van der Waals surface area (Å²) in [6.45, 7) is 0.424. The van der Waals surface area contributed by atoms with E-state index in [1.165, 1.54) is 30.3 Å². The molecule has 1 aromatic carbocycles. The van der Waals surface area contributed by atoms with E-state index < -0.39 is 40.6 Å². The van der Waals surface area contributed by atoms with Crippen molar-refractivity contribution in [3.05, 3.63) is 44.2 Å². The van der Waals surface area contributed by atoms with E-state index >= 15 is 0 Å². The number of oxime groups is 1. The number of rotatable bonds is 12. The van der Waals surface area contributed by atoms with Crippen LogP contribution in [0, 0.1) is 0 Å². The van der Waals surface area contributed by atoms with E-state index in [-0.39, 0.29) is 23.4 Å². The Bertz CT molecular complexity index is 1220. The molecule has 0 spiro atoms. The number of nitrogens with zero attached hydrogens (tertiary/aromatic N) is 1. The number of sulfonamides is 1. The Balaban J connectivity index is 2.12. The predicted molar refractivity (Wildman–Crippen MR) is 133 cm³/mol. The van der Waals surface area contributed by atoms with Crippen LogP contribution in [0.1, 0.15) is 12.0 Å². The van der Waals surface area contributed by atoms with E-state index in [2.05, 4.69) is 41.8 Å². The van der Waals surface area contributed by atoms with Crippen LogP contribution in [-0.2, 0) is 35.6 Å². The van der Waals surface area contributed by atoms with Crippen LogP contribution in [0.25, 0.3) is 0 Å². The molecule has 0 unspecified atom stereocenters. The molecule has 5 N–H and O–H groups in total. The Morgan fingerprint density at radius 2 is 1.78 bits per heavy atom. The molecule has 1 atom stereocenters. The van der Waals surface area contributed by atoms with Gasteiger partial charge in [-0.1, -0.05) is 12.1 Å². The van der Waals surface area contributed by atoms with Crippen molar-refractivity contribution in [3.8, 4) is 5.75 Å². The first kappa shape index (κ1) is 30.8. The summed E-state index contributed by atoms with van der Waals surface area (Å²) in [6, 6.07) is 5.30. The molecule has 2 rings (SSSR count). The number of hydrogen-bond donors (Lipinski definition) is 3. The second-order valence-corrected chi connectivity index (χ2v) is 12.1. The highest BCUT2D eigenvalue weighted by Crippen LogP contribution is 2.35. The SMILES string of the molecule is NC(N)=NOCCCOc1ccc(C[C@H](NS(=O)(=O)c2cc(Br)c(Br)s2)C(=O)OC(=O)C(F)(F)F)cc1. The third-order valence-electron chi connectivity index (χ3n) is 4.08. The lowest BCUT2D eigenvalue weighted by Crippen LogP contribution is -2.45. The molecule has 11 nitrogen and oxygen atoms in total. The third-order valence-corrected chi connectivity index (χ3v) is 9.28. The molecule has 0 saturated carbocycles. The Morgan fingerprint density at radius 3 is 2.32 bits per heavy atom. The largest absolute Gasteiger partial charge is 0.493 e. The van der Waals surface area contributed by atoms with Gasteiger partial charge in [0.15, 0.2) is 0 Å². The monoisotopic (exact) mass is 694 g/mol. The molecule has 0 fully saturated rings. The molecule has 0 saturated heterocycles.